The minimum absolute atomic E-state index is 0.344. The Labute approximate surface area is 152 Å². The van der Waals surface area contributed by atoms with Gasteiger partial charge in [0.15, 0.2) is 11.6 Å². The van der Waals surface area contributed by atoms with Crippen LogP contribution in [0.5, 0.6) is 0 Å². The van der Waals surface area contributed by atoms with Crippen LogP contribution in [0.4, 0.5) is 0 Å². The monoisotopic (exact) mass is 352 g/mol. The molecule has 2 aromatic heterocycles. The number of rotatable bonds is 5. The molecular formula is C18H24N8. The molecule has 1 aliphatic heterocycles. The van der Waals surface area contributed by atoms with Crippen molar-refractivity contribution in [3.8, 4) is 11.4 Å². The zero-order valence-electron chi connectivity index (χ0n) is 15.0. The number of hydrogen-bond acceptors (Lipinski definition) is 6. The van der Waals surface area contributed by atoms with Gasteiger partial charge >= 0.3 is 0 Å². The zero-order chi connectivity index (χ0) is 17.9. The fourth-order valence-corrected chi connectivity index (χ4v) is 3.31. The first-order valence-corrected chi connectivity index (χ1v) is 8.99. The lowest BCUT2D eigenvalue weighted by Crippen LogP contribution is -2.39. The molecule has 4 rings (SSSR count). The number of piperidine rings is 1. The topological polar surface area (TPSA) is 90.7 Å². The molecule has 0 atom stereocenters. The molecule has 1 aliphatic rings. The summed E-state index contributed by atoms with van der Waals surface area (Å²) in [6.07, 6.45) is 4.09. The van der Waals surface area contributed by atoms with Gasteiger partial charge < -0.3 is 10.3 Å². The van der Waals surface area contributed by atoms with Crippen molar-refractivity contribution in [2.75, 3.05) is 13.1 Å². The van der Waals surface area contributed by atoms with Gasteiger partial charge in [0, 0.05) is 38.3 Å². The highest BCUT2D eigenvalue weighted by Gasteiger charge is 2.17. The van der Waals surface area contributed by atoms with Crippen LogP contribution in [-0.2, 0) is 20.1 Å². The number of nitrogens with zero attached hydrogens (tertiary/aromatic N) is 7. The summed E-state index contributed by atoms with van der Waals surface area (Å²) in [6.45, 7) is 3.42. The molecule has 0 spiro atoms. The van der Waals surface area contributed by atoms with Crippen LogP contribution in [0.1, 0.15) is 24.4 Å². The standard InChI is InChI=1S/C18H24N8/c1-24-17(21-22-18(24)14-5-3-2-4-6-14)13-26-12-16(20-23-26)11-25-9-7-15(19)8-10-25/h2-6,12,15H,7-11,13,19H2,1H3. The maximum absolute atomic E-state index is 5.96. The third kappa shape index (κ3) is 3.66. The minimum atomic E-state index is 0.344. The molecule has 1 aromatic carbocycles. The van der Waals surface area contributed by atoms with Crippen LogP contribution in [0.25, 0.3) is 11.4 Å². The second kappa shape index (κ2) is 7.35. The zero-order valence-corrected chi connectivity index (χ0v) is 15.0. The van der Waals surface area contributed by atoms with Gasteiger partial charge in [-0.05, 0) is 12.8 Å². The molecule has 0 unspecified atom stereocenters. The molecule has 2 N–H and O–H groups in total. The van der Waals surface area contributed by atoms with E-state index in [1.807, 2.05) is 52.8 Å². The summed E-state index contributed by atoms with van der Waals surface area (Å²) < 4.78 is 3.83. The van der Waals surface area contributed by atoms with Crippen LogP contribution in [0, 0.1) is 0 Å². The van der Waals surface area contributed by atoms with Crippen LogP contribution in [-0.4, -0.2) is 53.8 Å². The van der Waals surface area contributed by atoms with Crippen LogP contribution >= 0.6 is 0 Å². The Morgan fingerprint density at radius 2 is 1.81 bits per heavy atom. The third-order valence-electron chi connectivity index (χ3n) is 4.90. The van der Waals surface area contributed by atoms with Gasteiger partial charge in [0.05, 0.1) is 11.9 Å². The maximum Gasteiger partial charge on any atom is 0.163 e. The van der Waals surface area contributed by atoms with E-state index in [1.165, 1.54) is 0 Å². The summed E-state index contributed by atoms with van der Waals surface area (Å²) in [6, 6.07) is 10.4. The Morgan fingerprint density at radius 1 is 1.04 bits per heavy atom. The molecule has 1 saturated heterocycles. The summed E-state index contributed by atoms with van der Waals surface area (Å²) in [5.74, 6) is 1.70. The Kier molecular flexibility index (Phi) is 4.77. The third-order valence-corrected chi connectivity index (χ3v) is 4.90. The van der Waals surface area contributed by atoms with Crippen LogP contribution in [0.15, 0.2) is 36.5 Å². The molecule has 3 heterocycles. The lowest BCUT2D eigenvalue weighted by atomic mass is 10.1. The van der Waals surface area contributed by atoms with Crippen molar-refractivity contribution in [3.63, 3.8) is 0 Å². The minimum Gasteiger partial charge on any atom is -0.328 e. The second-order valence-corrected chi connectivity index (χ2v) is 6.89. The Balaban J connectivity index is 1.42. The number of benzene rings is 1. The normalized spacial score (nSPS) is 16.2. The van der Waals surface area contributed by atoms with Crippen molar-refractivity contribution in [2.24, 2.45) is 12.8 Å². The van der Waals surface area contributed by atoms with Gasteiger partial charge in [0.2, 0.25) is 0 Å². The Hall–Kier alpha value is -2.58. The van der Waals surface area contributed by atoms with Gasteiger partial charge in [0.25, 0.3) is 0 Å². The van der Waals surface area contributed by atoms with Gasteiger partial charge in [-0.2, -0.15) is 0 Å². The summed E-state index contributed by atoms with van der Waals surface area (Å²) in [7, 11) is 1.98. The first-order valence-electron chi connectivity index (χ1n) is 8.99. The average molecular weight is 352 g/mol. The molecule has 26 heavy (non-hydrogen) atoms. The van der Waals surface area contributed by atoms with Gasteiger partial charge in [0.1, 0.15) is 6.54 Å². The lowest BCUT2D eigenvalue weighted by molar-refractivity contribution is 0.203. The predicted molar refractivity (Wildman–Crippen MR) is 98.0 cm³/mol. The number of aromatic nitrogens is 6. The Morgan fingerprint density at radius 3 is 2.58 bits per heavy atom. The maximum atomic E-state index is 5.96. The van der Waals surface area contributed by atoms with Crippen molar-refractivity contribution < 1.29 is 0 Å². The van der Waals surface area contributed by atoms with Crippen LogP contribution < -0.4 is 5.73 Å². The van der Waals surface area contributed by atoms with Crippen molar-refractivity contribution in [2.45, 2.75) is 32.0 Å². The van der Waals surface area contributed by atoms with Gasteiger partial charge in [-0.1, -0.05) is 35.5 Å². The highest BCUT2D eigenvalue weighted by atomic mass is 15.4. The molecule has 0 bridgehead atoms. The van der Waals surface area contributed by atoms with Crippen molar-refractivity contribution in [1.29, 1.82) is 0 Å². The van der Waals surface area contributed by atoms with E-state index in [1.54, 1.807) is 0 Å². The lowest BCUT2D eigenvalue weighted by Gasteiger charge is -2.29. The fourth-order valence-electron chi connectivity index (χ4n) is 3.31. The van der Waals surface area contributed by atoms with Crippen molar-refractivity contribution in [1.82, 2.24) is 34.7 Å². The molecule has 1 fully saturated rings. The quantitative estimate of drug-likeness (QED) is 0.738. The van der Waals surface area contributed by atoms with Gasteiger partial charge in [-0.25, -0.2) is 4.68 Å². The summed E-state index contributed by atoms with van der Waals surface area (Å²) in [5, 5.41) is 17.2. The van der Waals surface area contributed by atoms with Gasteiger partial charge in [-0.3, -0.25) is 4.90 Å². The Bertz CT molecular complexity index is 845. The van der Waals surface area contributed by atoms with E-state index in [2.05, 4.69) is 25.4 Å². The van der Waals surface area contributed by atoms with E-state index < -0.39 is 0 Å². The summed E-state index contributed by atoms with van der Waals surface area (Å²) in [4.78, 5) is 2.38. The average Bonchev–Trinajstić information content (AvgIpc) is 3.25. The van der Waals surface area contributed by atoms with Crippen LogP contribution in [0.3, 0.4) is 0 Å². The molecule has 0 amide bonds. The molecule has 136 valence electrons. The number of nitrogens with two attached hydrogens (primary N) is 1. The summed E-state index contributed by atoms with van der Waals surface area (Å²) >= 11 is 0. The van der Waals surface area contributed by atoms with E-state index >= 15 is 0 Å². The first-order chi connectivity index (χ1) is 12.7. The van der Waals surface area contributed by atoms with Crippen molar-refractivity contribution in [3.05, 3.63) is 48.0 Å². The van der Waals surface area contributed by atoms with Crippen molar-refractivity contribution >= 4 is 0 Å². The second-order valence-electron chi connectivity index (χ2n) is 6.89. The smallest absolute Gasteiger partial charge is 0.163 e. The molecule has 8 nitrogen and oxygen atoms in total. The highest BCUT2D eigenvalue weighted by molar-refractivity contribution is 5.54. The van der Waals surface area contributed by atoms with E-state index in [0.29, 0.717) is 12.6 Å². The molecule has 0 aliphatic carbocycles. The molecule has 3 aromatic rings. The fraction of sp³-hybridized carbons (Fsp3) is 0.444. The van der Waals surface area contributed by atoms with Crippen LogP contribution in [0.2, 0.25) is 0 Å². The number of likely N-dealkylation sites (tertiary alicyclic amines) is 1. The molecular weight excluding hydrogens is 328 g/mol. The molecule has 0 radical (unpaired) electrons. The highest BCUT2D eigenvalue weighted by Crippen LogP contribution is 2.17. The first kappa shape index (κ1) is 16.9. The van der Waals surface area contributed by atoms with E-state index in [0.717, 1.165) is 55.4 Å². The van der Waals surface area contributed by atoms with E-state index in [9.17, 15) is 0 Å². The number of hydrogen-bond donors (Lipinski definition) is 1. The van der Waals surface area contributed by atoms with Gasteiger partial charge in [-0.15, -0.1) is 15.3 Å². The van der Waals surface area contributed by atoms with E-state index in [4.69, 9.17) is 5.73 Å². The summed E-state index contributed by atoms with van der Waals surface area (Å²) in [5.41, 5.74) is 7.99. The largest absolute Gasteiger partial charge is 0.328 e. The predicted octanol–water partition coefficient (Wildman–Crippen LogP) is 1.05. The van der Waals surface area contributed by atoms with E-state index in [-0.39, 0.29) is 0 Å². The SMILES string of the molecule is Cn1c(Cn2cc(CN3CCC(N)CC3)nn2)nnc1-c1ccccc1. The molecule has 0 saturated carbocycles. The molecule has 8 heteroatoms.